The van der Waals surface area contributed by atoms with Gasteiger partial charge in [-0.25, -0.2) is 8.42 Å². The number of rotatable bonds is 3. The van der Waals surface area contributed by atoms with Crippen LogP contribution in [0.5, 0.6) is 0 Å². The highest BCUT2D eigenvalue weighted by Crippen LogP contribution is 2.16. The van der Waals surface area contributed by atoms with Crippen molar-refractivity contribution in [3.8, 4) is 0 Å². The van der Waals surface area contributed by atoms with Crippen molar-refractivity contribution in [2.45, 2.75) is 24.3 Å². The van der Waals surface area contributed by atoms with Crippen LogP contribution in [0.4, 0.5) is 0 Å². The Balaban J connectivity index is 2.20. The predicted molar refractivity (Wildman–Crippen MR) is 59.6 cm³/mol. The molecule has 82 valence electrons. The van der Waals surface area contributed by atoms with Crippen LogP contribution in [0.2, 0.25) is 0 Å². The van der Waals surface area contributed by atoms with Gasteiger partial charge in [-0.15, -0.1) is 0 Å². The summed E-state index contributed by atoms with van der Waals surface area (Å²) >= 11 is 0. The minimum absolute atomic E-state index is 0.149. The van der Waals surface area contributed by atoms with E-state index in [1.54, 1.807) is 18.2 Å². The Bertz CT molecular complexity index is 449. The third-order valence-electron chi connectivity index (χ3n) is 2.70. The van der Waals surface area contributed by atoms with Gasteiger partial charge in [-0.2, -0.15) is 0 Å². The zero-order valence-electron chi connectivity index (χ0n) is 8.73. The minimum Gasteiger partial charge on any atom is -0.313 e. The van der Waals surface area contributed by atoms with E-state index in [4.69, 9.17) is 0 Å². The van der Waals surface area contributed by atoms with Gasteiger partial charge in [-0.3, -0.25) is 0 Å². The summed E-state index contributed by atoms with van der Waals surface area (Å²) in [6.45, 7) is 2.84. The van der Waals surface area contributed by atoms with E-state index in [0.717, 1.165) is 18.5 Å². The van der Waals surface area contributed by atoms with Gasteiger partial charge in [0.15, 0.2) is 9.84 Å². The van der Waals surface area contributed by atoms with Crippen molar-refractivity contribution in [1.82, 2.24) is 5.32 Å². The lowest BCUT2D eigenvalue weighted by molar-refractivity contribution is 0.399. The van der Waals surface area contributed by atoms with Crippen molar-refractivity contribution in [3.63, 3.8) is 0 Å². The molecule has 1 aromatic carbocycles. The van der Waals surface area contributed by atoms with Gasteiger partial charge in [0.25, 0.3) is 0 Å². The van der Waals surface area contributed by atoms with Crippen molar-refractivity contribution in [2.75, 3.05) is 12.3 Å². The van der Waals surface area contributed by atoms with Crippen molar-refractivity contribution in [3.05, 3.63) is 29.8 Å². The van der Waals surface area contributed by atoms with Gasteiger partial charge >= 0.3 is 0 Å². The topological polar surface area (TPSA) is 46.2 Å². The molecule has 1 heterocycles. The van der Waals surface area contributed by atoms with Crippen molar-refractivity contribution in [2.24, 2.45) is 0 Å². The lowest BCUT2D eigenvalue weighted by Gasteiger charge is -2.27. The average molecular weight is 225 g/mol. The molecule has 1 aromatic rings. The number of benzene rings is 1. The van der Waals surface area contributed by atoms with Gasteiger partial charge in [0.1, 0.15) is 0 Å². The van der Waals surface area contributed by atoms with E-state index in [-0.39, 0.29) is 11.8 Å². The fourth-order valence-corrected chi connectivity index (χ4v) is 3.32. The molecule has 1 aliphatic rings. The third-order valence-corrected chi connectivity index (χ3v) is 4.51. The Kier molecular flexibility index (Phi) is 2.80. The summed E-state index contributed by atoms with van der Waals surface area (Å²) in [4.78, 5) is 0.441. The van der Waals surface area contributed by atoms with Gasteiger partial charge in [-0.1, -0.05) is 12.1 Å². The van der Waals surface area contributed by atoms with Crippen molar-refractivity contribution in [1.29, 1.82) is 0 Å². The highest BCUT2D eigenvalue weighted by atomic mass is 32.2. The van der Waals surface area contributed by atoms with E-state index < -0.39 is 9.84 Å². The highest BCUT2D eigenvalue weighted by molar-refractivity contribution is 7.91. The Morgan fingerprint density at radius 2 is 2.20 bits per heavy atom. The summed E-state index contributed by atoms with van der Waals surface area (Å²) in [5.41, 5.74) is 0.984. The van der Waals surface area contributed by atoms with E-state index in [0.29, 0.717) is 4.90 Å². The second kappa shape index (κ2) is 3.94. The molecule has 1 saturated heterocycles. The molecule has 1 atom stereocenters. The number of hydrogen-bond donors (Lipinski definition) is 1. The molecule has 0 spiro atoms. The SMILES string of the molecule is Cc1cccc(S(=O)(=O)CC2CCN2)c1. The average Bonchev–Trinajstić information content (AvgIpc) is 2.12. The van der Waals surface area contributed by atoms with Gasteiger partial charge in [0.2, 0.25) is 0 Å². The Morgan fingerprint density at radius 3 is 2.73 bits per heavy atom. The van der Waals surface area contributed by atoms with Crippen molar-refractivity contribution >= 4 is 9.84 Å². The molecule has 0 saturated carbocycles. The molecule has 0 amide bonds. The first-order valence-corrected chi connectivity index (χ1v) is 6.76. The smallest absolute Gasteiger partial charge is 0.179 e. The summed E-state index contributed by atoms with van der Waals surface area (Å²) in [6, 6.07) is 7.24. The Labute approximate surface area is 90.4 Å². The van der Waals surface area contributed by atoms with Crippen LogP contribution in [0.3, 0.4) is 0 Å². The Morgan fingerprint density at radius 1 is 1.47 bits per heavy atom. The van der Waals surface area contributed by atoms with E-state index in [2.05, 4.69) is 5.32 Å². The number of aryl methyl sites for hydroxylation is 1. The maximum Gasteiger partial charge on any atom is 0.179 e. The second-order valence-electron chi connectivity index (χ2n) is 4.04. The van der Waals surface area contributed by atoms with E-state index >= 15 is 0 Å². The molecule has 0 radical (unpaired) electrons. The van der Waals surface area contributed by atoms with Crippen LogP contribution in [0.15, 0.2) is 29.2 Å². The molecular formula is C11H15NO2S. The third kappa shape index (κ3) is 2.38. The normalized spacial score (nSPS) is 21.0. The molecule has 15 heavy (non-hydrogen) atoms. The van der Waals surface area contributed by atoms with Gasteiger partial charge < -0.3 is 5.32 Å². The standard InChI is InChI=1S/C11H15NO2S/c1-9-3-2-4-11(7-9)15(13,14)8-10-5-6-12-10/h2-4,7,10,12H,5-6,8H2,1H3. The van der Waals surface area contributed by atoms with Crippen LogP contribution in [0, 0.1) is 6.92 Å². The second-order valence-corrected chi connectivity index (χ2v) is 6.07. The summed E-state index contributed by atoms with van der Waals surface area (Å²) in [5, 5.41) is 3.11. The molecule has 2 rings (SSSR count). The van der Waals surface area contributed by atoms with Crippen LogP contribution < -0.4 is 5.32 Å². The monoisotopic (exact) mass is 225 g/mol. The van der Waals surface area contributed by atoms with Crippen LogP contribution >= 0.6 is 0 Å². The molecule has 0 aliphatic carbocycles. The first-order valence-electron chi connectivity index (χ1n) is 5.11. The molecule has 1 fully saturated rings. The molecule has 3 nitrogen and oxygen atoms in total. The van der Waals surface area contributed by atoms with Crippen LogP contribution in [0.1, 0.15) is 12.0 Å². The van der Waals surface area contributed by atoms with Crippen molar-refractivity contribution < 1.29 is 8.42 Å². The van der Waals surface area contributed by atoms with E-state index in [1.165, 1.54) is 0 Å². The number of nitrogens with one attached hydrogen (secondary N) is 1. The lowest BCUT2D eigenvalue weighted by Crippen LogP contribution is -2.47. The van der Waals surface area contributed by atoms with Gasteiger partial charge in [-0.05, 0) is 37.6 Å². The number of hydrogen-bond acceptors (Lipinski definition) is 3. The summed E-state index contributed by atoms with van der Waals surface area (Å²) in [5.74, 6) is 0.219. The predicted octanol–water partition coefficient (Wildman–Crippen LogP) is 1.13. The van der Waals surface area contributed by atoms with Gasteiger partial charge in [0.05, 0.1) is 10.6 Å². The summed E-state index contributed by atoms with van der Waals surface area (Å²) in [7, 11) is -3.11. The first-order chi connectivity index (χ1) is 7.08. The maximum atomic E-state index is 11.9. The molecule has 1 unspecified atom stereocenters. The van der Waals surface area contributed by atoms with E-state index in [1.807, 2.05) is 13.0 Å². The van der Waals surface area contributed by atoms with Crippen LogP contribution in [-0.4, -0.2) is 26.8 Å². The fourth-order valence-electron chi connectivity index (χ4n) is 1.66. The Hall–Kier alpha value is -0.870. The minimum atomic E-state index is -3.11. The zero-order chi connectivity index (χ0) is 10.9. The lowest BCUT2D eigenvalue weighted by atomic mass is 10.1. The molecule has 1 aliphatic heterocycles. The maximum absolute atomic E-state index is 11.9. The summed E-state index contributed by atoms with van der Waals surface area (Å²) < 4.78 is 23.9. The zero-order valence-corrected chi connectivity index (χ0v) is 9.55. The highest BCUT2D eigenvalue weighted by Gasteiger charge is 2.25. The van der Waals surface area contributed by atoms with E-state index in [9.17, 15) is 8.42 Å². The summed E-state index contributed by atoms with van der Waals surface area (Å²) in [6.07, 6.45) is 0.963. The largest absolute Gasteiger partial charge is 0.313 e. The quantitative estimate of drug-likeness (QED) is 0.839. The van der Waals surface area contributed by atoms with Crippen LogP contribution in [0.25, 0.3) is 0 Å². The molecule has 0 bridgehead atoms. The molecular weight excluding hydrogens is 210 g/mol. The molecule has 4 heteroatoms. The number of sulfone groups is 1. The molecule has 0 aromatic heterocycles. The molecule has 1 N–H and O–H groups in total. The van der Waals surface area contributed by atoms with Crippen LogP contribution in [-0.2, 0) is 9.84 Å². The fraction of sp³-hybridized carbons (Fsp3) is 0.455. The van der Waals surface area contributed by atoms with Gasteiger partial charge in [0, 0.05) is 6.04 Å². The first kappa shape index (κ1) is 10.6.